The molecule has 5 nitrogen and oxygen atoms in total. The van der Waals surface area contributed by atoms with Crippen LogP contribution in [-0.4, -0.2) is 36.2 Å². The molecule has 0 aromatic heterocycles. The number of hydrogen-bond acceptors (Lipinski definition) is 4. The molecular weight excluding hydrogens is 433 g/mol. The van der Waals surface area contributed by atoms with Gasteiger partial charge in [0.25, 0.3) is 0 Å². The van der Waals surface area contributed by atoms with Crippen LogP contribution in [0.3, 0.4) is 0 Å². The molecule has 1 amide bonds. The van der Waals surface area contributed by atoms with Gasteiger partial charge < -0.3 is 9.47 Å². The second-order valence-electron chi connectivity index (χ2n) is 6.62. The molecule has 0 bridgehead atoms. The molecule has 0 saturated heterocycles. The Hall–Kier alpha value is -1.57. The van der Waals surface area contributed by atoms with Crippen molar-refractivity contribution in [2.24, 2.45) is 0 Å². The number of methoxy groups -OCH3 is 1. The smallest absolute Gasteiger partial charge is 0.415 e. The van der Waals surface area contributed by atoms with Gasteiger partial charge in [0.2, 0.25) is 0 Å². The van der Waals surface area contributed by atoms with E-state index in [-0.39, 0.29) is 5.70 Å². The van der Waals surface area contributed by atoms with Gasteiger partial charge in [-0.25, -0.2) is 9.59 Å². The van der Waals surface area contributed by atoms with Crippen molar-refractivity contribution in [3.63, 3.8) is 0 Å². The lowest BCUT2D eigenvalue weighted by atomic mass is 10.1. The maximum Gasteiger partial charge on any atom is 0.415 e. The first-order valence-electron chi connectivity index (χ1n) is 8.17. The molecule has 1 aromatic carbocycles. The standard InChI is InChI=1S/C19H26INO4/c1-14(17(22)24-5)21(18(23)25-19(2,3)4)13-9-8-11-15-10-6-7-12-16(15)20/h6-7,10,12H,1,8-9,11,13H2,2-5H3. The van der Waals surface area contributed by atoms with Gasteiger partial charge in [-0.1, -0.05) is 24.8 Å². The second kappa shape index (κ2) is 9.79. The van der Waals surface area contributed by atoms with E-state index >= 15 is 0 Å². The number of nitrogens with zero attached hydrogens (tertiary/aromatic N) is 1. The number of rotatable bonds is 7. The van der Waals surface area contributed by atoms with Crippen LogP contribution in [0.1, 0.15) is 39.2 Å². The number of benzene rings is 1. The Kier molecular flexibility index (Phi) is 8.41. The van der Waals surface area contributed by atoms with Gasteiger partial charge in [-0.2, -0.15) is 0 Å². The van der Waals surface area contributed by atoms with Gasteiger partial charge in [0.15, 0.2) is 0 Å². The van der Waals surface area contributed by atoms with Crippen molar-refractivity contribution < 1.29 is 19.1 Å². The summed E-state index contributed by atoms with van der Waals surface area (Å²) in [5.74, 6) is -0.636. The van der Waals surface area contributed by atoms with Crippen molar-refractivity contribution in [1.82, 2.24) is 4.90 Å². The SMILES string of the molecule is C=C(C(=O)OC)N(CCCCc1ccccc1I)C(=O)OC(C)(C)C. The zero-order valence-electron chi connectivity index (χ0n) is 15.3. The second-order valence-corrected chi connectivity index (χ2v) is 7.78. The molecule has 0 radical (unpaired) electrons. The topological polar surface area (TPSA) is 55.8 Å². The maximum atomic E-state index is 12.4. The van der Waals surface area contributed by atoms with E-state index in [1.54, 1.807) is 20.8 Å². The van der Waals surface area contributed by atoms with Gasteiger partial charge in [0.1, 0.15) is 11.3 Å². The summed E-state index contributed by atoms with van der Waals surface area (Å²) in [5.41, 5.74) is 0.621. The number of esters is 1. The third-order valence-electron chi connectivity index (χ3n) is 3.40. The average molecular weight is 459 g/mol. The number of aryl methyl sites for hydroxylation is 1. The fourth-order valence-electron chi connectivity index (χ4n) is 2.17. The van der Waals surface area contributed by atoms with E-state index in [1.807, 2.05) is 12.1 Å². The molecule has 0 aliphatic heterocycles. The van der Waals surface area contributed by atoms with Crippen LogP contribution in [0, 0.1) is 3.57 Å². The van der Waals surface area contributed by atoms with Gasteiger partial charge in [-0.15, -0.1) is 0 Å². The third kappa shape index (κ3) is 7.46. The van der Waals surface area contributed by atoms with Crippen molar-refractivity contribution in [2.45, 2.75) is 45.6 Å². The van der Waals surface area contributed by atoms with E-state index in [1.165, 1.54) is 21.1 Å². The molecule has 0 aliphatic carbocycles. The van der Waals surface area contributed by atoms with Crippen molar-refractivity contribution in [2.75, 3.05) is 13.7 Å². The molecule has 0 atom stereocenters. The summed E-state index contributed by atoms with van der Waals surface area (Å²) in [6, 6.07) is 8.20. The van der Waals surface area contributed by atoms with Crippen LogP contribution in [0.15, 0.2) is 36.5 Å². The van der Waals surface area contributed by atoms with Gasteiger partial charge >= 0.3 is 12.1 Å². The van der Waals surface area contributed by atoms with Crippen LogP contribution in [0.5, 0.6) is 0 Å². The largest absolute Gasteiger partial charge is 0.464 e. The van der Waals surface area contributed by atoms with Gasteiger partial charge in [0.05, 0.1) is 7.11 Å². The molecule has 0 fully saturated rings. The van der Waals surface area contributed by atoms with E-state index in [4.69, 9.17) is 4.74 Å². The number of carbonyl (C=O) groups excluding carboxylic acids is 2. The molecular formula is C19H26INO4. The number of unbranched alkanes of at least 4 members (excludes halogenated alkanes) is 1. The predicted molar refractivity (Wildman–Crippen MR) is 106 cm³/mol. The summed E-state index contributed by atoms with van der Waals surface area (Å²) < 4.78 is 11.3. The quantitative estimate of drug-likeness (QED) is 0.260. The van der Waals surface area contributed by atoms with E-state index in [2.05, 4.69) is 46.0 Å². The van der Waals surface area contributed by atoms with Crippen LogP contribution < -0.4 is 0 Å². The number of amides is 1. The Balaban J connectivity index is 2.67. The molecule has 138 valence electrons. The summed E-state index contributed by atoms with van der Waals surface area (Å²) in [6.45, 7) is 9.37. The molecule has 0 spiro atoms. The van der Waals surface area contributed by atoms with Crippen LogP contribution in [-0.2, 0) is 20.7 Å². The lowest BCUT2D eigenvalue weighted by Gasteiger charge is -2.27. The van der Waals surface area contributed by atoms with Crippen LogP contribution in [0.25, 0.3) is 0 Å². The van der Waals surface area contributed by atoms with E-state index in [9.17, 15) is 9.59 Å². The first kappa shape index (κ1) is 21.5. The molecule has 0 aliphatic rings. The Labute approximate surface area is 163 Å². The highest BCUT2D eigenvalue weighted by Crippen LogP contribution is 2.17. The van der Waals surface area contributed by atoms with Crippen molar-refractivity contribution in [3.05, 3.63) is 45.7 Å². The highest BCUT2D eigenvalue weighted by atomic mass is 127. The highest BCUT2D eigenvalue weighted by Gasteiger charge is 2.27. The number of hydrogen-bond donors (Lipinski definition) is 0. The fraction of sp³-hybridized carbons (Fsp3) is 0.474. The maximum absolute atomic E-state index is 12.4. The zero-order valence-corrected chi connectivity index (χ0v) is 17.5. The Morgan fingerprint density at radius 3 is 2.40 bits per heavy atom. The lowest BCUT2D eigenvalue weighted by molar-refractivity contribution is -0.137. The molecule has 25 heavy (non-hydrogen) atoms. The minimum absolute atomic E-state index is 0.00829. The first-order valence-corrected chi connectivity index (χ1v) is 9.24. The zero-order chi connectivity index (χ0) is 19.0. The predicted octanol–water partition coefficient (Wildman–Crippen LogP) is 4.54. The van der Waals surface area contributed by atoms with Crippen molar-refractivity contribution in [1.29, 1.82) is 0 Å². The minimum Gasteiger partial charge on any atom is -0.464 e. The van der Waals surface area contributed by atoms with Crippen molar-refractivity contribution >= 4 is 34.7 Å². The molecule has 0 saturated carbocycles. The molecule has 0 heterocycles. The normalized spacial score (nSPS) is 10.9. The molecule has 0 N–H and O–H groups in total. The molecule has 1 rings (SSSR count). The average Bonchev–Trinajstić information content (AvgIpc) is 2.53. The van der Waals surface area contributed by atoms with Gasteiger partial charge in [-0.05, 0) is 74.3 Å². The number of halogens is 1. The van der Waals surface area contributed by atoms with Crippen LogP contribution >= 0.6 is 22.6 Å². The van der Waals surface area contributed by atoms with Crippen molar-refractivity contribution in [3.8, 4) is 0 Å². The summed E-state index contributed by atoms with van der Waals surface area (Å²) in [5, 5.41) is 0. The Morgan fingerprint density at radius 2 is 1.84 bits per heavy atom. The van der Waals surface area contributed by atoms with Gasteiger partial charge in [0, 0.05) is 10.1 Å². The highest BCUT2D eigenvalue weighted by molar-refractivity contribution is 14.1. The van der Waals surface area contributed by atoms with E-state index in [0.29, 0.717) is 6.54 Å². The van der Waals surface area contributed by atoms with Gasteiger partial charge in [-0.3, -0.25) is 4.90 Å². The monoisotopic (exact) mass is 459 g/mol. The summed E-state index contributed by atoms with van der Waals surface area (Å²) in [4.78, 5) is 25.4. The summed E-state index contributed by atoms with van der Waals surface area (Å²) in [7, 11) is 1.26. The fourth-order valence-corrected chi connectivity index (χ4v) is 2.83. The van der Waals surface area contributed by atoms with Crippen LogP contribution in [0.2, 0.25) is 0 Å². The summed E-state index contributed by atoms with van der Waals surface area (Å²) >= 11 is 2.32. The minimum atomic E-state index is -0.647. The van der Waals surface area contributed by atoms with E-state index < -0.39 is 17.7 Å². The number of carbonyl (C=O) groups is 2. The lowest BCUT2D eigenvalue weighted by Crippen LogP contribution is -2.39. The molecule has 1 aromatic rings. The summed E-state index contributed by atoms with van der Waals surface area (Å²) in [6.07, 6.45) is 1.93. The molecule has 0 unspecified atom stereocenters. The van der Waals surface area contributed by atoms with Crippen LogP contribution in [0.4, 0.5) is 4.79 Å². The molecule has 6 heteroatoms. The Bertz CT molecular complexity index is 622. The first-order chi connectivity index (χ1) is 11.7. The number of ether oxygens (including phenoxy) is 2. The third-order valence-corrected chi connectivity index (χ3v) is 4.45. The van der Waals surface area contributed by atoms with E-state index in [0.717, 1.165) is 19.3 Å². The Morgan fingerprint density at radius 1 is 1.20 bits per heavy atom.